The number of rotatable bonds is 2. The highest BCUT2D eigenvalue weighted by Crippen LogP contribution is 2.37. The first-order valence-corrected chi connectivity index (χ1v) is 7.31. The van der Waals surface area contributed by atoms with Crippen LogP contribution in [-0.4, -0.2) is 11.6 Å². The van der Waals surface area contributed by atoms with Gasteiger partial charge in [-0.15, -0.1) is 11.3 Å². The van der Waals surface area contributed by atoms with E-state index in [4.69, 9.17) is 10.5 Å². The fourth-order valence-corrected chi connectivity index (χ4v) is 3.24. The summed E-state index contributed by atoms with van der Waals surface area (Å²) in [6, 6.07) is 12.3. The number of hydrogen-bond donors (Lipinski definition) is 2. The van der Waals surface area contributed by atoms with Crippen LogP contribution in [0.25, 0.3) is 10.2 Å². The Balaban J connectivity index is 1.70. The summed E-state index contributed by atoms with van der Waals surface area (Å²) in [7, 11) is 0. The average molecular weight is 283 g/mol. The van der Waals surface area contributed by atoms with E-state index in [0.29, 0.717) is 12.3 Å². The summed E-state index contributed by atoms with van der Waals surface area (Å²) >= 11 is 1.60. The number of thiazole rings is 1. The van der Waals surface area contributed by atoms with Gasteiger partial charge in [-0.2, -0.15) is 0 Å². The molecule has 1 aliphatic heterocycles. The van der Waals surface area contributed by atoms with Crippen molar-refractivity contribution in [2.24, 2.45) is 0 Å². The lowest BCUT2D eigenvalue weighted by Gasteiger charge is -2.15. The van der Waals surface area contributed by atoms with E-state index in [2.05, 4.69) is 16.4 Å². The number of nitrogens with one attached hydrogen (secondary N) is 1. The zero-order valence-electron chi connectivity index (χ0n) is 10.7. The molecule has 5 heteroatoms. The van der Waals surface area contributed by atoms with Gasteiger partial charge in [0.05, 0.1) is 27.6 Å². The Morgan fingerprint density at radius 2 is 2.15 bits per heavy atom. The molecule has 2 aromatic carbocycles. The van der Waals surface area contributed by atoms with Gasteiger partial charge < -0.3 is 15.8 Å². The van der Waals surface area contributed by atoms with E-state index in [9.17, 15) is 0 Å². The number of nitrogen functional groups attached to an aromatic ring is 1. The molecule has 100 valence electrons. The number of anilines is 2. The van der Waals surface area contributed by atoms with Crippen LogP contribution in [0.4, 0.5) is 11.4 Å². The number of benzene rings is 2. The van der Waals surface area contributed by atoms with Crippen LogP contribution in [0.1, 0.15) is 11.6 Å². The molecule has 4 rings (SSSR count). The van der Waals surface area contributed by atoms with E-state index in [1.165, 1.54) is 5.56 Å². The Labute approximate surface area is 120 Å². The van der Waals surface area contributed by atoms with Gasteiger partial charge in [0.15, 0.2) is 0 Å². The van der Waals surface area contributed by atoms with Crippen molar-refractivity contribution >= 4 is 32.9 Å². The van der Waals surface area contributed by atoms with Gasteiger partial charge >= 0.3 is 0 Å². The SMILES string of the molecule is Nc1c(NC2COc3ccccc32)ccc2scnc12. The fourth-order valence-electron chi connectivity index (χ4n) is 2.55. The van der Waals surface area contributed by atoms with Crippen LogP contribution >= 0.6 is 11.3 Å². The van der Waals surface area contributed by atoms with Gasteiger partial charge in [-0.1, -0.05) is 18.2 Å². The van der Waals surface area contributed by atoms with Crippen LogP contribution in [0, 0.1) is 0 Å². The minimum absolute atomic E-state index is 0.129. The molecule has 20 heavy (non-hydrogen) atoms. The molecular weight excluding hydrogens is 270 g/mol. The molecule has 1 unspecified atom stereocenters. The minimum atomic E-state index is 0.129. The van der Waals surface area contributed by atoms with E-state index in [1.54, 1.807) is 11.3 Å². The van der Waals surface area contributed by atoms with Crippen molar-refractivity contribution in [1.82, 2.24) is 4.98 Å². The number of para-hydroxylation sites is 1. The highest BCUT2D eigenvalue weighted by atomic mass is 32.1. The molecule has 0 spiro atoms. The number of nitrogens with two attached hydrogens (primary N) is 1. The molecule has 0 saturated heterocycles. The van der Waals surface area contributed by atoms with Crippen molar-refractivity contribution in [1.29, 1.82) is 0 Å². The molecule has 1 aliphatic rings. The molecule has 0 radical (unpaired) electrons. The van der Waals surface area contributed by atoms with Crippen molar-refractivity contribution in [3.63, 3.8) is 0 Å². The third-order valence-electron chi connectivity index (χ3n) is 3.57. The summed E-state index contributed by atoms with van der Waals surface area (Å²) in [6.07, 6.45) is 0. The molecule has 3 aromatic rings. The van der Waals surface area contributed by atoms with Crippen molar-refractivity contribution in [3.8, 4) is 5.75 Å². The number of ether oxygens (including phenoxy) is 1. The summed E-state index contributed by atoms with van der Waals surface area (Å²) in [5.74, 6) is 0.943. The molecule has 0 amide bonds. The van der Waals surface area contributed by atoms with E-state index in [1.807, 2.05) is 35.8 Å². The highest BCUT2D eigenvalue weighted by Gasteiger charge is 2.24. The average Bonchev–Trinajstić information content (AvgIpc) is 3.10. The van der Waals surface area contributed by atoms with Crippen molar-refractivity contribution in [3.05, 3.63) is 47.5 Å². The Morgan fingerprint density at radius 3 is 3.10 bits per heavy atom. The largest absolute Gasteiger partial charge is 0.491 e. The highest BCUT2D eigenvalue weighted by molar-refractivity contribution is 7.16. The summed E-state index contributed by atoms with van der Waals surface area (Å²) in [5, 5.41) is 3.46. The molecule has 0 bridgehead atoms. The van der Waals surface area contributed by atoms with Gasteiger partial charge in [-0.05, 0) is 18.2 Å². The van der Waals surface area contributed by atoms with E-state index in [-0.39, 0.29) is 6.04 Å². The van der Waals surface area contributed by atoms with Crippen LogP contribution in [0.15, 0.2) is 41.9 Å². The maximum atomic E-state index is 6.20. The standard InChI is InChI=1S/C15H13N3OS/c16-14-10(5-6-13-15(14)17-8-20-13)18-11-7-19-12-4-2-1-3-9(11)12/h1-6,8,11,18H,7,16H2. The van der Waals surface area contributed by atoms with Crippen LogP contribution in [0.2, 0.25) is 0 Å². The Hall–Kier alpha value is -2.27. The van der Waals surface area contributed by atoms with Crippen molar-refractivity contribution in [2.75, 3.05) is 17.7 Å². The molecule has 3 N–H and O–H groups in total. The minimum Gasteiger partial charge on any atom is -0.491 e. The second kappa shape index (κ2) is 4.38. The quantitative estimate of drug-likeness (QED) is 0.707. The number of hydrogen-bond acceptors (Lipinski definition) is 5. The summed E-state index contributed by atoms with van der Waals surface area (Å²) in [6.45, 7) is 0.619. The lowest BCUT2D eigenvalue weighted by atomic mass is 10.1. The molecule has 0 saturated carbocycles. The molecule has 0 aliphatic carbocycles. The van der Waals surface area contributed by atoms with Crippen LogP contribution < -0.4 is 15.8 Å². The topological polar surface area (TPSA) is 60.2 Å². The number of fused-ring (bicyclic) bond motifs is 2. The Kier molecular flexibility index (Phi) is 2.53. The van der Waals surface area contributed by atoms with Gasteiger partial charge in [0.2, 0.25) is 0 Å². The third-order valence-corrected chi connectivity index (χ3v) is 4.37. The zero-order chi connectivity index (χ0) is 13.5. The fraction of sp³-hybridized carbons (Fsp3) is 0.133. The summed E-state index contributed by atoms with van der Waals surface area (Å²) < 4.78 is 6.79. The summed E-state index contributed by atoms with van der Waals surface area (Å²) in [4.78, 5) is 4.32. The second-order valence-electron chi connectivity index (χ2n) is 4.77. The first kappa shape index (κ1) is 11.5. The predicted octanol–water partition coefficient (Wildman–Crippen LogP) is 3.42. The van der Waals surface area contributed by atoms with Gasteiger partial charge in [-0.25, -0.2) is 4.98 Å². The Bertz CT molecular complexity index is 784. The third kappa shape index (κ3) is 1.71. The molecule has 1 aromatic heterocycles. The maximum Gasteiger partial charge on any atom is 0.124 e. The van der Waals surface area contributed by atoms with Gasteiger partial charge in [0.1, 0.15) is 17.9 Å². The first-order valence-electron chi connectivity index (χ1n) is 6.43. The van der Waals surface area contributed by atoms with Gasteiger partial charge in [-0.3, -0.25) is 0 Å². The van der Waals surface area contributed by atoms with E-state index < -0.39 is 0 Å². The van der Waals surface area contributed by atoms with Gasteiger partial charge in [0, 0.05) is 5.56 Å². The second-order valence-corrected chi connectivity index (χ2v) is 5.66. The van der Waals surface area contributed by atoms with Crippen molar-refractivity contribution < 1.29 is 4.74 Å². The lowest BCUT2D eigenvalue weighted by molar-refractivity contribution is 0.340. The normalized spacial score (nSPS) is 16.9. The zero-order valence-corrected chi connectivity index (χ0v) is 11.5. The summed E-state index contributed by atoms with van der Waals surface area (Å²) in [5.41, 5.74) is 11.7. The molecule has 2 heterocycles. The Morgan fingerprint density at radius 1 is 1.25 bits per heavy atom. The van der Waals surface area contributed by atoms with E-state index >= 15 is 0 Å². The lowest BCUT2D eigenvalue weighted by Crippen LogP contribution is -2.13. The van der Waals surface area contributed by atoms with Crippen molar-refractivity contribution in [2.45, 2.75) is 6.04 Å². The predicted molar refractivity (Wildman–Crippen MR) is 82.3 cm³/mol. The first-order chi connectivity index (χ1) is 9.83. The van der Waals surface area contributed by atoms with Gasteiger partial charge in [0.25, 0.3) is 0 Å². The van der Waals surface area contributed by atoms with Crippen LogP contribution in [-0.2, 0) is 0 Å². The van der Waals surface area contributed by atoms with Crippen LogP contribution in [0.5, 0.6) is 5.75 Å². The number of nitrogens with zero attached hydrogens (tertiary/aromatic N) is 1. The molecule has 0 fully saturated rings. The smallest absolute Gasteiger partial charge is 0.124 e. The maximum absolute atomic E-state index is 6.20. The molecule has 1 atom stereocenters. The molecular formula is C15H13N3OS. The monoisotopic (exact) mass is 283 g/mol. The van der Waals surface area contributed by atoms with E-state index in [0.717, 1.165) is 21.7 Å². The molecule has 4 nitrogen and oxygen atoms in total. The van der Waals surface area contributed by atoms with Crippen LogP contribution in [0.3, 0.4) is 0 Å². The number of aromatic nitrogens is 1.